The van der Waals surface area contributed by atoms with Crippen molar-refractivity contribution in [3.8, 4) is 11.3 Å². The van der Waals surface area contributed by atoms with Gasteiger partial charge in [-0.1, -0.05) is 30.3 Å². The van der Waals surface area contributed by atoms with Gasteiger partial charge in [-0.05, 0) is 32.0 Å². The number of aromatic nitrogens is 2. The number of carbonyl (C=O) groups excluding carboxylic acids is 2. The van der Waals surface area contributed by atoms with Gasteiger partial charge >= 0.3 is 5.97 Å². The number of H-pyrrole nitrogens is 1. The Morgan fingerprint density at radius 3 is 2.71 bits per heavy atom. The maximum Gasteiger partial charge on any atom is 0.307 e. The van der Waals surface area contributed by atoms with E-state index in [4.69, 9.17) is 9.15 Å². The van der Waals surface area contributed by atoms with Crippen LogP contribution in [0.4, 0.5) is 4.39 Å². The van der Waals surface area contributed by atoms with E-state index in [0.717, 1.165) is 16.6 Å². The molecule has 0 radical (unpaired) electrons. The van der Waals surface area contributed by atoms with E-state index in [1.54, 1.807) is 25.1 Å². The van der Waals surface area contributed by atoms with Gasteiger partial charge in [0.05, 0.1) is 18.2 Å². The van der Waals surface area contributed by atoms with Crippen molar-refractivity contribution in [2.75, 3.05) is 0 Å². The molecule has 158 valence electrons. The molecule has 0 fully saturated rings. The number of esters is 1. The summed E-state index contributed by atoms with van der Waals surface area (Å²) in [6, 6.07) is 13.7. The summed E-state index contributed by atoms with van der Waals surface area (Å²) in [7, 11) is 0. The number of fused-ring (bicyclic) bond motifs is 1. The number of para-hydroxylation sites is 1. The third kappa shape index (κ3) is 4.26. The quantitative estimate of drug-likeness (QED) is 0.335. The summed E-state index contributed by atoms with van der Waals surface area (Å²) in [5.74, 6) is -0.628. The summed E-state index contributed by atoms with van der Waals surface area (Å²) in [6.07, 6.45) is 0.663. The van der Waals surface area contributed by atoms with E-state index >= 15 is 0 Å². The third-order valence-corrected chi connectivity index (χ3v) is 5.05. The van der Waals surface area contributed by atoms with E-state index in [0.29, 0.717) is 22.8 Å². The number of Topliss-reactive ketones (excluding diaryl/α,β-unsaturated/α-hetero) is 1. The molecular weight excluding hydrogens is 399 g/mol. The van der Waals surface area contributed by atoms with Gasteiger partial charge in [0.25, 0.3) is 0 Å². The molecule has 0 aliphatic carbocycles. The van der Waals surface area contributed by atoms with Crippen LogP contribution >= 0.6 is 0 Å². The fraction of sp³-hybridized carbons (Fsp3) is 0.208. The standard InChI is InChI=1S/C24H21FN2O4/c1-14-23(17-8-4-6-10-19(17)27-14)24(29)15(2)30-22(28)12-11-21-26-13-20(31-21)16-7-3-5-9-18(16)25/h3-10,13,15,27H,11-12H2,1-2H3/t15-/m0/s1. The van der Waals surface area contributed by atoms with E-state index in [1.807, 2.05) is 31.2 Å². The normalized spacial score (nSPS) is 12.1. The predicted molar refractivity (Wildman–Crippen MR) is 113 cm³/mol. The highest BCUT2D eigenvalue weighted by Gasteiger charge is 2.24. The third-order valence-electron chi connectivity index (χ3n) is 5.05. The number of hydrogen-bond acceptors (Lipinski definition) is 5. The molecular formula is C24H21FN2O4. The van der Waals surface area contributed by atoms with Gasteiger partial charge in [-0.3, -0.25) is 9.59 Å². The summed E-state index contributed by atoms with van der Waals surface area (Å²) in [5.41, 5.74) is 2.42. The average molecular weight is 420 g/mol. The van der Waals surface area contributed by atoms with Gasteiger partial charge in [0.15, 0.2) is 17.8 Å². The molecule has 1 atom stereocenters. The second-order valence-electron chi connectivity index (χ2n) is 7.27. The number of halogens is 1. The zero-order valence-electron chi connectivity index (χ0n) is 17.1. The van der Waals surface area contributed by atoms with Crippen LogP contribution in [0.15, 0.2) is 59.1 Å². The fourth-order valence-electron chi connectivity index (χ4n) is 3.53. The van der Waals surface area contributed by atoms with Crippen molar-refractivity contribution in [1.82, 2.24) is 9.97 Å². The number of aromatic amines is 1. The summed E-state index contributed by atoms with van der Waals surface area (Å²) in [5, 5.41) is 0.799. The molecule has 31 heavy (non-hydrogen) atoms. The molecule has 0 saturated carbocycles. The van der Waals surface area contributed by atoms with Gasteiger partial charge in [0.1, 0.15) is 5.82 Å². The Kier molecular flexibility index (Phi) is 5.66. The van der Waals surface area contributed by atoms with Gasteiger partial charge in [0, 0.05) is 28.6 Å². The first kappa shape index (κ1) is 20.5. The first-order valence-electron chi connectivity index (χ1n) is 9.94. The Morgan fingerprint density at radius 2 is 1.90 bits per heavy atom. The van der Waals surface area contributed by atoms with Crippen LogP contribution in [0.3, 0.4) is 0 Å². The van der Waals surface area contributed by atoms with Crippen molar-refractivity contribution < 1.29 is 23.1 Å². The van der Waals surface area contributed by atoms with Gasteiger partial charge < -0.3 is 14.1 Å². The van der Waals surface area contributed by atoms with Gasteiger partial charge in [0.2, 0.25) is 5.78 Å². The Balaban J connectivity index is 1.37. The molecule has 2 aromatic heterocycles. The molecule has 0 amide bonds. The zero-order valence-corrected chi connectivity index (χ0v) is 17.1. The summed E-state index contributed by atoms with van der Waals surface area (Å²) in [4.78, 5) is 32.4. The number of ether oxygens (including phenoxy) is 1. The number of hydrogen-bond donors (Lipinski definition) is 1. The highest BCUT2D eigenvalue weighted by Crippen LogP contribution is 2.25. The SMILES string of the molecule is Cc1[nH]c2ccccc2c1C(=O)[C@H](C)OC(=O)CCc1ncc(-c2ccccc2F)o1. The summed E-state index contributed by atoms with van der Waals surface area (Å²) in [6.45, 7) is 3.38. The van der Waals surface area contributed by atoms with Crippen molar-refractivity contribution >= 4 is 22.7 Å². The Labute approximate surface area is 178 Å². The minimum absolute atomic E-state index is 0.0122. The van der Waals surface area contributed by atoms with E-state index < -0.39 is 17.9 Å². The fourth-order valence-corrected chi connectivity index (χ4v) is 3.53. The van der Waals surface area contributed by atoms with Gasteiger partial charge in [-0.2, -0.15) is 0 Å². The van der Waals surface area contributed by atoms with Crippen LogP contribution in [0, 0.1) is 12.7 Å². The lowest BCUT2D eigenvalue weighted by atomic mass is 10.0. The molecule has 0 aliphatic rings. The minimum Gasteiger partial charge on any atom is -0.454 e. The number of ketones is 1. The van der Waals surface area contributed by atoms with Crippen LogP contribution in [0.2, 0.25) is 0 Å². The van der Waals surface area contributed by atoms with Crippen LogP contribution in [0.25, 0.3) is 22.2 Å². The predicted octanol–water partition coefficient (Wildman–Crippen LogP) is 5.02. The molecule has 0 aliphatic heterocycles. The zero-order chi connectivity index (χ0) is 22.0. The highest BCUT2D eigenvalue weighted by atomic mass is 19.1. The molecule has 6 nitrogen and oxygen atoms in total. The molecule has 4 aromatic rings. The second-order valence-corrected chi connectivity index (χ2v) is 7.27. The molecule has 2 heterocycles. The van der Waals surface area contributed by atoms with Gasteiger partial charge in [-0.15, -0.1) is 0 Å². The van der Waals surface area contributed by atoms with Crippen LogP contribution in [-0.4, -0.2) is 27.8 Å². The number of carbonyl (C=O) groups is 2. The minimum atomic E-state index is -0.927. The molecule has 2 aromatic carbocycles. The maximum absolute atomic E-state index is 13.9. The van der Waals surface area contributed by atoms with Crippen LogP contribution in [0.5, 0.6) is 0 Å². The monoisotopic (exact) mass is 420 g/mol. The van der Waals surface area contributed by atoms with Crippen LogP contribution in [0.1, 0.15) is 35.3 Å². The lowest BCUT2D eigenvalue weighted by Gasteiger charge is -2.12. The van der Waals surface area contributed by atoms with E-state index in [1.165, 1.54) is 12.3 Å². The number of nitrogens with zero attached hydrogens (tertiary/aromatic N) is 1. The smallest absolute Gasteiger partial charge is 0.307 e. The second kappa shape index (κ2) is 8.55. The van der Waals surface area contributed by atoms with Crippen molar-refractivity contribution in [2.45, 2.75) is 32.8 Å². The van der Waals surface area contributed by atoms with Crippen molar-refractivity contribution in [2.24, 2.45) is 0 Å². The van der Waals surface area contributed by atoms with Crippen molar-refractivity contribution in [3.05, 3.63) is 77.7 Å². The molecule has 0 saturated heterocycles. The first-order valence-corrected chi connectivity index (χ1v) is 9.94. The van der Waals surface area contributed by atoms with Crippen molar-refractivity contribution in [3.63, 3.8) is 0 Å². The number of benzene rings is 2. The molecule has 7 heteroatoms. The average Bonchev–Trinajstić information content (AvgIpc) is 3.35. The molecule has 0 unspecified atom stereocenters. The lowest BCUT2D eigenvalue weighted by molar-refractivity contribution is -0.146. The maximum atomic E-state index is 13.9. The van der Waals surface area contributed by atoms with Crippen molar-refractivity contribution in [1.29, 1.82) is 0 Å². The Morgan fingerprint density at radius 1 is 1.16 bits per heavy atom. The summed E-state index contributed by atoms with van der Waals surface area (Å²) < 4.78 is 24.8. The molecule has 0 spiro atoms. The largest absolute Gasteiger partial charge is 0.454 e. The van der Waals surface area contributed by atoms with Crippen LogP contribution in [-0.2, 0) is 16.0 Å². The summed E-state index contributed by atoms with van der Waals surface area (Å²) >= 11 is 0. The lowest BCUT2D eigenvalue weighted by Crippen LogP contribution is -2.25. The van der Waals surface area contributed by atoms with Crippen LogP contribution < -0.4 is 0 Å². The number of rotatable bonds is 7. The Hall–Kier alpha value is -3.74. The topological polar surface area (TPSA) is 85.2 Å². The number of aryl methyl sites for hydroxylation is 2. The highest BCUT2D eigenvalue weighted by molar-refractivity contribution is 6.11. The van der Waals surface area contributed by atoms with Gasteiger partial charge in [-0.25, -0.2) is 9.37 Å². The number of oxazole rings is 1. The van der Waals surface area contributed by atoms with E-state index in [-0.39, 0.29) is 18.6 Å². The molecule has 1 N–H and O–H groups in total. The molecule has 0 bridgehead atoms. The first-order chi connectivity index (χ1) is 14.9. The van der Waals surface area contributed by atoms with E-state index in [9.17, 15) is 14.0 Å². The molecule has 4 rings (SSSR count). The Bertz CT molecular complexity index is 1260. The van der Waals surface area contributed by atoms with E-state index in [2.05, 4.69) is 9.97 Å². The number of nitrogens with one attached hydrogen (secondary N) is 1.